The second kappa shape index (κ2) is 6.37. The number of ether oxygens (including phenoxy) is 1. The maximum absolute atomic E-state index is 13.3. The van der Waals surface area contributed by atoms with Gasteiger partial charge in [-0.05, 0) is 37.1 Å². The van der Waals surface area contributed by atoms with E-state index >= 15 is 0 Å². The predicted octanol–water partition coefficient (Wildman–Crippen LogP) is 1.61. The van der Waals surface area contributed by atoms with Gasteiger partial charge in [0.25, 0.3) is 5.91 Å². The lowest BCUT2D eigenvalue weighted by Gasteiger charge is -2.24. The molecule has 3 atom stereocenters. The summed E-state index contributed by atoms with van der Waals surface area (Å²) in [7, 11) is -3.12. The molecule has 3 saturated heterocycles. The molecule has 0 N–H and O–H groups in total. The van der Waals surface area contributed by atoms with E-state index in [1.807, 2.05) is 0 Å². The number of hydrogen-bond acceptors (Lipinski definition) is 5. The summed E-state index contributed by atoms with van der Waals surface area (Å²) in [5.74, 6) is -0.641. The second-order valence-electron chi connectivity index (χ2n) is 6.38. The molecule has 1 aromatic rings. The molecule has 0 aliphatic carbocycles. The van der Waals surface area contributed by atoms with Crippen molar-refractivity contribution in [3.8, 4) is 0 Å². The third-order valence-electron chi connectivity index (χ3n) is 4.58. The standard InChI is InChI=1S/C16H17FN2O4S2/c17-10-3-5-11(6-4-10)19-12-8-25(21,22)9-14(12)24-16(19)18-15(20)13-2-1-7-23-13/h3-6,12-14H,1-2,7-9H2/t12-,13-,14-/m1/s1. The molecule has 6 nitrogen and oxygen atoms in total. The maximum atomic E-state index is 13.3. The van der Waals surface area contributed by atoms with E-state index in [0.717, 1.165) is 6.42 Å². The number of anilines is 1. The molecule has 0 radical (unpaired) electrons. The molecule has 3 aliphatic rings. The lowest BCUT2D eigenvalue weighted by molar-refractivity contribution is -0.126. The fourth-order valence-electron chi connectivity index (χ4n) is 3.41. The zero-order valence-electron chi connectivity index (χ0n) is 13.3. The SMILES string of the molecule is O=C(N=C1S[C@@H]2CS(=O)(=O)C[C@H]2N1c1ccc(F)cc1)[C@H]1CCCO1. The van der Waals surface area contributed by atoms with E-state index in [4.69, 9.17) is 4.74 Å². The Kier molecular flexibility index (Phi) is 4.33. The number of carbonyl (C=O) groups excluding carboxylic acids is 1. The van der Waals surface area contributed by atoms with E-state index in [-0.39, 0.29) is 34.5 Å². The molecule has 25 heavy (non-hydrogen) atoms. The van der Waals surface area contributed by atoms with Gasteiger partial charge in [-0.2, -0.15) is 4.99 Å². The van der Waals surface area contributed by atoms with Gasteiger partial charge in [0.05, 0.1) is 17.5 Å². The minimum absolute atomic E-state index is 0.00911. The van der Waals surface area contributed by atoms with E-state index in [9.17, 15) is 17.6 Å². The molecule has 0 aromatic heterocycles. The molecule has 134 valence electrons. The number of fused-ring (bicyclic) bond motifs is 1. The molecule has 0 bridgehead atoms. The van der Waals surface area contributed by atoms with E-state index < -0.39 is 15.9 Å². The van der Waals surface area contributed by atoms with Crippen LogP contribution in [0.1, 0.15) is 12.8 Å². The molecular weight excluding hydrogens is 367 g/mol. The molecule has 3 aliphatic heterocycles. The minimum Gasteiger partial charge on any atom is -0.368 e. The predicted molar refractivity (Wildman–Crippen MR) is 94.1 cm³/mol. The minimum atomic E-state index is -3.12. The van der Waals surface area contributed by atoms with Crippen molar-refractivity contribution in [2.75, 3.05) is 23.0 Å². The molecule has 1 aromatic carbocycles. The summed E-state index contributed by atoms with van der Waals surface area (Å²) in [4.78, 5) is 18.3. The highest BCUT2D eigenvalue weighted by atomic mass is 32.2. The van der Waals surface area contributed by atoms with Gasteiger partial charge < -0.3 is 9.64 Å². The zero-order valence-corrected chi connectivity index (χ0v) is 14.9. The average Bonchev–Trinajstić information content (AvgIpc) is 3.23. The van der Waals surface area contributed by atoms with Crippen LogP contribution in [-0.2, 0) is 19.4 Å². The molecule has 9 heteroatoms. The number of amides is 1. The summed E-state index contributed by atoms with van der Waals surface area (Å²) in [6.45, 7) is 0.555. The molecule has 3 heterocycles. The Balaban J connectivity index is 1.68. The zero-order chi connectivity index (χ0) is 17.6. The van der Waals surface area contributed by atoms with Crippen LogP contribution in [0.4, 0.5) is 10.1 Å². The van der Waals surface area contributed by atoms with E-state index in [1.165, 1.54) is 23.9 Å². The maximum Gasteiger partial charge on any atom is 0.277 e. The molecule has 3 fully saturated rings. The second-order valence-corrected chi connectivity index (χ2v) is 9.74. The Bertz CT molecular complexity index is 819. The van der Waals surface area contributed by atoms with Gasteiger partial charge in [0.1, 0.15) is 11.9 Å². The quantitative estimate of drug-likeness (QED) is 0.771. The van der Waals surface area contributed by atoms with Crippen LogP contribution >= 0.6 is 11.8 Å². The molecule has 0 unspecified atom stereocenters. The number of halogens is 1. The van der Waals surface area contributed by atoms with Crippen LogP contribution in [-0.4, -0.2) is 55.0 Å². The van der Waals surface area contributed by atoms with Crippen molar-refractivity contribution in [2.24, 2.45) is 4.99 Å². The van der Waals surface area contributed by atoms with Gasteiger partial charge in [-0.25, -0.2) is 12.8 Å². The first kappa shape index (κ1) is 17.0. The van der Waals surface area contributed by atoms with Gasteiger partial charge in [-0.15, -0.1) is 0 Å². The first-order valence-corrected chi connectivity index (χ1v) is 10.8. The number of benzene rings is 1. The highest BCUT2D eigenvalue weighted by molar-refractivity contribution is 8.16. The fraction of sp³-hybridized carbons (Fsp3) is 0.500. The van der Waals surface area contributed by atoms with Gasteiger partial charge in [-0.1, -0.05) is 11.8 Å². The largest absolute Gasteiger partial charge is 0.368 e. The first-order chi connectivity index (χ1) is 11.9. The van der Waals surface area contributed by atoms with E-state index in [1.54, 1.807) is 17.0 Å². The van der Waals surface area contributed by atoms with Crippen molar-refractivity contribution in [1.82, 2.24) is 0 Å². The van der Waals surface area contributed by atoms with Gasteiger partial charge in [0.2, 0.25) is 0 Å². The average molecular weight is 384 g/mol. The smallest absolute Gasteiger partial charge is 0.277 e. The monoisotopic (exact) mass is 384 g/mol. The van der Waals surface area contributed by atoms with Crippen LogP contribution in [0.2, 0.25) is 0 Å². The third-order valence-corrected chi connectivity index (χ3v) is 7.79. The van der Waals surface area contributed by atoms with Gasteiger partial charge in [0.15, 0.2) is 15.0 Å². The van der Waals surface area contributed by atoms with Gasteiger partial charge in [0, 0.05) is 17.5 Å². The van der Waals surface area contributed by atoms with Crippen LogP contribution in [0.3, 0.4) is 0 Å². The highest BCUT2D eigenvalue weighted by Crippen LogP contribution is 2.41. The summed E-state index contributed by atoms with van der Waals surface area (Å²) in [5, 5.41) is 0.295. The normalized spacial score (nSPS) is 32.3. The number of nitrogens with zero attached hydrogens (tertiary/aromatic N) is 2. The van der Waals surface area contributed by atoms with E-state index in [2.05, 4.69) is 4.99 Å². The summed E-state index contributed by atoms with van der Waals surface area (Å²) >= 11 is 1.30. The molecule has 0 saturated carbocycles. The van der Waals surface area contributed by atoms with Crippen molar-refractivity contribution in [1.29, 1.82) is 0 Å². The van der Waals surface area contributed by atoms with Crippen LogP contribution in [0, 0.1) is 5.82 Å². The Labute approximate surface area is 149 Å². The lowest BCUT2D eigenvalue weighted by atomic mass is 10.2. The third kappa shape index (κ3) is 3.32. The number of carbonyl (C=O) groups is 1. The number of amidine groups is 1. The summed E-state index contributed by atoms with van der Waals surface area (Å²) in [6, 6.07) is 5.49. The molecule has 1 amide bonds. The fourth-order valence-corrected chi connectivity index (χ4v) is 7.33. The lowest BCUT2D eigenvalue weighted by Crippen LogP contribution is -2.38. The van der Waals surface area contributed by atoms with Gasteiger partial charge >= 0.3 is 0 Å². The molecular formula is C16H17FN2O4S2. The number of sulfone groups is 1. The van der Waals surface area contributed by atoms with Crippen LogP contribution in [0.15, 0.2) is 29.3 Å². The summed E-state index contributed by atoms with van der Waals surface area (Å²) in [5.41, 5.74) is 0.636. The van der Waals surface area contributed by atoms with Crippen molar-refractivity contribution >= 4 is 38.4 Å². The van der Waals surface area contributed by atoms with Crippen LogP contribution in [0.25, 0.3) is 0 Å². The summed E-state index contributed by atoms with van der Waals surface area (Å²) < 4.78 is 42.6. The highest BCUT2D eigenvalue weighted by Gasteiger charge is 2.49. The number of thioether (sulfide) groups is 1. The van der Waals surface area contributed by atoms with Gasteiger partial charge in [-0.3, -0.25) is 4.79 Å². The molecule has 0 spiro atoms. The molecule has 4 rings (SSSR count). The van der Waals surface area contributed by atoms with Crippen LogP contribution in [0.5, 0.6) is 0 Å². The Morgan fingerprint density at radius 2 is 2.04 bits per heavy atom. The topological polar surface area (TPSA) is 76.0 Å². The summed E-state index contributed by atoms with van der Waals surface area (Å²) in [6.07, 6.45) is 0.963. The van der Waals surface area contributed by atoms with Crippen molar-refractivity contribution in [2.45, 2.75) is 30.2 Å². The van der Waals surface area contributed by atoms with Crippen molar-refractivity contribution in [3.63, 3.8) is 0 Å². The van der Waals surface area contributed by atoms with Crippen molar-refractivity contribution < 1.29 is 22.3 Å². The number of hydrogen-bond donors (Lipinski definition) is 0. The number of aliphatic imine (C=N–C) groups is 1. The van der Waals surface area contributed by atoms with E-state index in [0.29, 0.717) is 23.9 Å². The number of rotatable bonds is 2. The van der Waals surface area contributed by atoms with Crippen molar-refractivity contribution in [3.05, 3.63) is 30.1 Å². The Morgan fingerprint density at radius 3 is 2.72 bits per heavy atom. The Hall–Kier alpha value is -1.45. The van der Waals surface area contributed by atoms with Crippen LogP contribution < -0.4 is 4.90 Å². The Morgan fingerprint density at radius 1 is 1.28 bits per heavy atom. The first-order valence-electron chi connectivity index (χ1n) is 8.09.